The number of hydrogen-bond donors (Lipinski definition) is 0. The highest BCUT2D eigenvalue weighted by Crippen LogP contribution is 2.07. The van der Waals surface area contributed by atoms with Crippen molar-refractivity contribution in [2.75, 3.05) is 0 Å². The Morgan fingerprint density at radius 3 is 2.93 bits per heavy atom. The molecule has 0 atom stereocenters. The molecule has 0 aliphatic heterocycles. The minimum atomic E-state index is 0.0708. The van der Waals surface area contributed by atoms with Crippen LogP contribution in [0.15, 0.2) is 35.9 Å². The fraction of sp³-hybridized carbons (Fsp3) is 0.250. The highest BCUT2D eigenvalue weighted by atomic mass is 35.5. The van der Waals surface area contributed by atoms with Crippen LogP contribution in [0.1, 0.15) is 17.5 Å². The van der Waals surface area contributed by atoms with E-state index in [4.69, 9.17) is 11.6 Å². The SMILES string of the molecule is Cc1cccc(CCC(=O)/C=C/Cl)c1. The number of hydrogen-bond acceptors (Lipinski definition) is 1. The molecule has 0 heterocycles. The maximum atomic E-state index is 11.1. The van der Waals surface area contributed by atoms with Crippen molar-refractivity contribution in [2.24, 2.45) is 0 Å². The van der Waals surface area contributed by atoms with E-state index >= 15 is 0 Å². The van der Waals surface area contributed by atoms with Gasteiger partial charge in [-0.05, 0) is 25.0 Å². The molecule has 0 aliphatic rings. The number of allylic oxidation sites excluding steroid dienone is 1. The molecule has 0 spiro atoms. The van der Waals surface area contributed by atoms with Crippen LogP contribution in [0.2, 0.25) is 0 Å². The summed E-state index contributed by atoms with van der Waals surface area (Å²) >= 11 is 5.30. The second-order valence-electron chi connectivity index (χ2n) is 3.25. The third kappa shape index (κ3) is 3.75. The number of halogens is 1. The van der Waals surface area contributed by atoms with Crippen LogP contribution in [-0.2, 0) is 11.2 Å². The molecule has 74 valence electrons. The minimum absolute atomic E-state index is 0.0708. The molecule has 2 heteroatoms. The molecule has 0 bridgehead atoms. The van der Waals surface area contributed by atoms with E-state index in [-0.39, 0.29) is 5.78 Å². The van der Waals surface area contributed by atoms with Gasteiger partial charge in [-0.3, -0.25) is 4.79 Å². The standard InChI is InChI=1S/C12H13ClO/c1-10-3-2-4-11(9-10)5-6-12(14)7-8-13/h2-4,7-9H,5-6H2,1H3/b8-7+. The maximum absolute atomic E-state index is 11.1. The predicted octanol–water partition coefficient (Wildman–Crippen LogP) is 3.25. The van der Waals surface area contributed by atoms with E-state index in [2.05, 4.69) is 6.07 Å². The van der Waals surface area contributed by atoms with Gasteiger partial charge >= 0.3 is 0 Å². The predicted molar refractivity (Wildman–Crippen MR) is 59.5 cm³/mol. The summed E-state index contributed by atoms with van der Waals surface area (Å²) < 4.78 is 0. The van der Waals surface area contributed by atoms with Crippen molar-refractivity contribution < 1.29 is 4.79 Å². The van der Waals surface area contributed by atoms with E-state index < -0.39 is 0 Å². The monoisotopic (exact) mass is 208 g/mol. The molecular formula is C12H13ClO. The van der Waals surface area contributed by atoms with Gasteiger partial charge in [-0.15, -0.1) is 0 Å². The summed E-state index contributed by atoms with van der Waals surface area (Å²) in [5.41, 5.74) is 3.68. The van der Waals surface area contributed by atoms with Crippen molar-refractivity contribution in [2.45, 2.75) is 19.8 Å². The average molecular weight is 209 g/mol. The summed E-state index contributed by atoms with van der Waals surface area (Å²) in [6.07, 6.45) is 2.70. The number of aryl methyl sites for hydroxylation is 2. The van der Waals surface area contributed by atoms with Crippen LogP contribution in [0.3, 0.4) is 0 Å². The van der Waals surface area contributed by atoms with E-state index in [1.165, 1.54) is 22.7 Å². The zero-order valence-electron chi connectivity index (χ0n) is 8.16. The van der Waals surface area contributed by atoms with E-state index in [1.807, 2.05) is 25.1 Å². The van der Waals surface area contributed by atoms with Gasteiger partial charge in [0, 0.05) is 12.0 Å². The highest BCUT2D eigenvalue weighted by molar-refractivity contribution is 6.26. The van der Waals surface area contributed by atoms with Gasteiger partial charge in [0.05, 0.1) is 0 Å². The second-order valence-corrected chi connectivity index (χ2v) is 3.50. The molecule has 0 saturated heterocycles. The summed E-state index contributed by atoms with van der Waals surface area (Å²) in [6, 6.07) is 8.18. The summed E-state index contributed by atoms with van der Waals surface area (Å²) in [5.74, 6) is 0.0708. The number of benzene rings is 1. The lowest BCUT2D eigenvalue weighted by molar-refractivity contribution is -0.114. The molecule has 0 aliphatic carbocycles. The first-order valence-corrected chi connectivity index (χ1v) is 5.01. The Labute approximate surface area is 89.4 Å². The second kappa shape index (κ2) is 5.61. The lowest BCUT2D eigenvalue weighted by Crippen LogP contribution is -1.95. The smallest absolute Gasteiger partial charge is 0.156 e. The van der Waals surface area contributed by atoms with Crippen LogP contribution in [0.5, 0.6) is 0 Å². The number of carbonyl (C=O) groups is 1. The third-order valence-corrected chi connectivity index (χ3v) is 2.12. The first-order chi connectivity index (χ1) is 6.72. The molecule has 0 N–H and O–H groups in total. The summed E-state index contributed by atoms with van der Waals surface area (Å²) in [4.78, 5) is 11.1. The Kier molecular flexibility index (Phi) is 4.41. The van der Waals surface area contributed by atoms with Gasteiger partial charge in [0.2, 0.25) is 0 Å². The molecule has 1 rings (SSSR count). The molecular weight excluding hydrogens is 196 g/mol. The summed E-state index contributed by atoms with van der Waals surface area (Å²) in [5, 5.41) is 0. The molecule has 1 aromatic rings. The minimum Gasteiger partial charge on any atom is -0.295 e. The van der Waals surface area contributed by atoms with Crippen molar-refractivity contribution in [1.29, 1.82) is 0 Å². The molecule has 0 aromatic heterocycles. The van der Waals surface area contributed by atoms with Gasteiger partial charge in [0.15, 0.2) is 5.78 Å². The zero-order chi connectivity index (χ0) is 10.4. The molecule has 0 radical (unpaired) electrons. The highest BCUT2D eigenvalue weighted by Gasteiger charge is 1.98. The average Bonchev–Trinajstić information content (AvgIpc) is 2.15. The van der Waals surface area contributed by atoms with Gasteiger partial charge in [-0.1, -0.05) is 41.4 Å². The summed E-state index contributed by atoms with van der Waals surface area (Å²) in [7, 11) is 0. The number of ketones is 1. The first-order valence-electron chi connectivity index (χ1n) is 4.57. The first kappa shape index (κ1) is 11.0. The van der Waals surface area contributed by atoms with Crippen molar-refractivity contribution in [3.63, 3.8) is 0 Å². The molecule has 0 fully saturated rings. The van der Waals surface area contributed by atoms with E-state index in [0.29, 0.717) is 6.42 Å². The zero-order valence-corrected chi connectivity index (χ0v) is 8.92. The number of rotatable bonds is 4. The fourth-order valence-electron chi connectivity index (χ4n) is 1.29. The van der Waals surface area contributed by atoms with E-state index in [9.17, 15) is 4.79 Å². The topological polar surface area (TPSA) is 17.1 Å². The summed E-state index contributed by atoms with van der Waals surface area (Å²) in [6.45, 7) is 2.05. The molecule has 14 heavy (non-hydrogen) atoms. The molecule has 1 nitrogen and oxygen atoms in total. The van der Waals surface area contributed by atoms with Crippen molar-refractivity contribution in [3.8, 4) is 0 Å². The van der Waals surface area contributed by atoms with Gasteiger partial charge in [-0.25, -0.2) is 0 Å². The Morgan fingerprint density at radius 1 is 1.50 bits per heavy atom. The largest absolute Gasteiger partial charge is 0.295 e. The lowest BCUT2D eigenvalue weighted by Gasteiger charge is -1.99. The van der Waals surface area contributed by atoms with Crippen LogP contribution < -0.4 is 0 Å². The van der Waals surface area contributed by atoms with Crippen LogP contribution in [0.4, 0.5) is 0 Å². The van der Waals surface area contributed by atoms with Crippen molar-refractivity contribution >= 4 is 17.4 Å². The molecule has 0 saturated carbocycles. The van der Waals surface area contributed by atoms with Gasteiger partial charge in [0.1, 0.15) is 0 Å². The van der Waals surface area contributed by atoms with Crippen LogP contribution in [-0.4, -0.2) is 5.78 Å². The third-order valence-electron chi connectivity index (χ3n) is 1.99. The van der Waals surface area contributed by atoms with Crippen molar-refractivity contribution in [1.82, 2.24) is 0 Å². The molecule has 0 amide bonds. The Balaban J connectivity index is 2.49. The fourth-order valence-corrected chi connectivity index (χ4v) is 1.43. The Morgan fingerprint density at radius 2 is 2.29 bits per heavy atom. The maximum Gasteiger partial charge on any atom is 0.156 e. The Bertz CT molecular complexity index is 342. The van der Waals surface area contributed by atoms with Gasteiger partial charge in [0.25, 0.3) is 0 Å². The van der Waals surface area contributed by atoms with E-state index in [0.717, 1.165) is 6.42 Å². The normalized spacial score (nSPS) is 10.7. The van der Waals surface area contributed by atoms with Crippen molar-refractivity contribution in [3.05, 3.63) is 47.0 Å². The van der Waals surface area contributed by atoms with Crippen LogP contribution >= 0.6 is 11.6 Å². The quantitative estimate of drug-likeness (QED) is 0.695. The van der Waals surface area contributed by atoms with Gasteiger partial charge in [-0.2, -0.15) is 0 Å². The van der Waals surface area contributed by atoms with E-state index in [1.54, 1.807) is 0 Å². The molecule has 0 unspecified atom stereocenters. The number of carbonyl (C=O) groups excluding carboxylic acids is 1. The van der Waals surface area contributed by atoms with Crippen LogP contribution in [0.25, 0.3) is 0 Å². The lowest BCUT2D eigenvalue weighted by atomic mass is 10.1. The Hall–Kier alpha value is -1.08. The van der Waals surface area contributed by atoms with Crippen LogP contribution in [0, 0.1) is 6.92 Å². The molecule has 1 aromatic carbocycles. The van der Waals surface area contributed by atoms with Gasteiger partial charge < -0.3 is 0 Å².